The van der Waals surface area contributed by atoms with E-state index in [4.69, 9.17) is 4.42 Å². The van der Waals surface area contributed by atoms with E-state index in [1.807, 2.05) is 25.1 Å². The maximum absolute atomic E-state index is 11.0. The van der Waals surface area contributed by atoms with E-state index in [9.17, 15) is 9.90 Å². The Labute approximate surface area is 169 Å². The van der Waals surface area contributed by atoms with Crippen molar-refractivity contribution in [2.45, 2.75) is 13.8 Å². The van der Waals surface area contributed by atoms with Gasteiger partial charge in [0.25, 0.3) is 0 Å². The van der Waals surface area contributed by atoms with Crippen LogP contribution in [0.4, 0.5) is 0 Å². The van der Waals surface area contributed by atoms with Gasteiger partial charge in [0.05, 0.1) is 5.97 Å². The van der Waals surface area contributed by atoms with Crippen LogP contribution in [0.3, 0.4) is 0 Å². The number of carboxylic acid groups (broad SMARTS) is 1. The molecule has 0 unspecified atom stereocenters. The van der Waals surface area contributed by atoms with Gasteiger partial charge in [0.1, 0.15) is 11.2 Å². The van der Waals surface area contributed by atoms with Crippen molar-refractivity contribution in [3.05, 3.63) is 47.0 Å². The van der Waals surface area contributed by atoms with E-state index >= 15 is 0 Å². The van der Waals surface area contributed by atoms with Crippen molar-refractivity contribution >= 4 is 27.9 Å². The molecule has 2 aromatic carbocycles. The molecular formula is C15H11CsO3. The number of carbonyl (C=O) groups excluding carboxylic acids is 1. The maximum Gasteiger partial charge on any atom is 1.00 e. The number of aryl methyl sites for hydroxylation is 2. The fourth-order valence-corrected chi connectivity index (χ4v) is 2.25. The third-order valence-electron chi connectivity index (χ3n) is 3.19. The molecule has 0 atom stereocenters. The molecule has 90 valence electrons. The van der Waals surface area contributed by atoms with E-state index in [1.54, 1.807) is 19.1 Å². The topological polar surface area (TPSA) is 53.3 Å². The third-order valence-corrected chi connectivity index (χ3v) is 3.19. The smallest absolute Gasteiger partial charge is 0.545 e. The molecule has 0 saturated carbocycles. The number of rotatable bonds is 1. The van der Waals surface area contributed by atoms with Crippen molar-refractivity contribution in [3.8, 4) is 0 Å². The molecule has 0 aliphatic rings. The van der Waals surface area contributed by atoms with Crippen LogP contribution in [-0.4, -0.2) is 5.97 Å². The normalized spacial score (nSPS) is 10.6. The van der Waals surface area contributed by atoms with Gasteiger partial charge in [-0.05, 0) is 43.2 Å². The van der Waals surface area contributed by atoms with E-state index < -0.39 is 5.97 Å². The first-order chi connectivity index (χ1) is 8.56. The second-order valence-electron chi connectivity index (χ2n) is 4.55. The van der Waals surface area contributed by atoms with Crippen molar-refractivity contribution in [3.63, 3.8) is 0 Å². The number of furan rings is 1. The Morgan fingerprint density at radius 1 is 1.05 bits per heavy atom. The summed E-state index contributed by atoms with van der Waals surface area (Å²) in [6, 6.07) is 9.25. The van der Waals surface area contributed by atoms with Gasteiger partial charge in [0, 0.05) is 16.3 Å². The number of fused-ring (bicyclic) bond motifs is 3. The summed E-state index contributed by atoms with van der Waals surface area (Å²) in [4.78, 5) is 11.0. The van der Waals surface area contributed by atoms with Crippen molar-refractivity contribution in [1.82, 2.24) is 0 Å². The minimum Gasteiger partial charge on any atom is -0.545 e. The molecule has 0 spiro atoms. The summed E-state index contributed by atoms with van der Waals surface area (Å²) < 4.78 is 5.74. The Balaban J connectivity index is 0.00000133. The molecular weight excluding hydrogens is 361 g/mol. The minimum atomic E-state index is -1.16. The molecule has 3 nitrogen and oxygen atoms in total. The number of carbonyl (C=O) groups is 1. The summed E-state index contributed by atoms with van der Waals surface area (Å²) >= 11 is 0. The monoisotopic (exact) mass is 372 g/mol. The first kappa shape index (κ1) is 15.2. The van der Waals surface area contributed by atoms with Gasteiger partial charge < -0.3 is 14.3 Å². The molecule has 0 aliphatic carbocycles. The molecule has 0 amide bonds. The summed E-state index contributed by atoms with van der Waals surface area (Å²) in [6.45, 7) is 3.73. The maximum atomic E-state index is 11.0. The standard InChI is InChI=1S/C15H12O3.Cs/c1-8-3-4-10-12-7-11(15(16)17)9(2)6-14(12)18-13(10)5-8;/h3-7H,1-2H3,(H,16,17);/q;+1/p-1. The van der Waals surface area contributed by atoms with Gasteiger partial charge in [-0.15, -0.1) is 0 Å². The fraction of sp³-hybridized carbons (Fsp3) is 0.133. The van der Waals surface area contributed by atoms with Crippen LogP contribution in [-0.2, 0) is 0 Å². The number of hydrogen-bond donors (Lipinski definition) is 0. The number of benzene rings is 2. The molecule has 4 heteroatoms. The molecule has 3 aromatic rings. The average molecular weight is 372 g/mol. The molecule has 0 bridgehead atoms. The molecule has 1 aromatic heterocycles. The van der Waals surface area contributed by atoms with Crippen molar-refractivity contribution in [2.24, 2.45) is 0 Å². The van der Waals surface area contributed by atoms with Crippen LogP contribution >= 0.6 is 0 Å². The molecule has 19 heavy (non-hydrogen) atoms. The Kier molecular flexibility index (Phi) is 4.49. The van der Waals surface area contributed by atoms with Crippen LogP contribution in [0.25, 0.3) is 21.9 Å². The Bertz CT molecular complexity index is 787. The number of carboxylic acids is 1. The first-order valence-corrected chi connectivity index (χ1v) is 5.71. The molecule has 3 rings (SSSR count). The van der Waals surface area contributed by atoms with Crippen LogP contribution < -0.4 is 74.0 Å². The Hall–Kier alpha value is -0.238. The predicted octanol–water partition coefficient (Wildman–Crippen LogP) is -0.430. The number of hydrogen-bond acceptors (Lipinski definition) is 3. The molecule has 1 heterocycles. The summed E-state index contributed by atoms with van der Waals surface area (Å²) in [7, 11) is 0. The summed E-state index contributed by atoms with van der Waals surface area (Å²) in [5.41, 5.74) is 3.46. The summed E-state index contributed by atoms with van der Waals surface area (Å²) in [6.07, 6.45) is 0. The van der Waals surface area contributed by atoms with Gasteiger partial charge in [0.15, 0.2) is 0 Å². The Morgan fingerprint density at radius 3 is 2.42 bits per heavy atom. The second-order valence-corrected chi connectivity index (χ2v) is 4.55. The van der Waals surface area contributed by atoms with Gasteiger partial charge >= 0.3 is 68.9 Å². The molecule has 0 saturated heterocycles. The molecule has 0 radical (unpaired) electrons. The zero-order valence-corrected chi connectivity index (χ0v) is 17.4. The van der Waals surface area contributed by atoms with Crippen LogP contribution in [0.2, 0.25) is 0 Å². The SMILES string of the molecule is Cc1ccc2c(c1)oc1cc(C)c(C(=O)[O-])cc12.[Cs+]. The molecule has 0 aliphatic heterocycles. The summed E-state index contributed by atoms with van der Waals surface area (Å²) in [5.74, 6) is -1.16. The fourth-order valence-electron chi connectivity index (χ4n) is 2.25. The van der Waals surface area contributed by atoms with E-state index in [1.165, 1.54) is 0 Å². The van der Waals surface area contributed by atoms with Gasteiger partial charge in [-0.1, -0.05) is 12.1 Å². The van der Waals surface area contributed by atoms with Gasteiger partial charge in [0.2, 0.25) is 0 Å². The van der Waals surface area contributed by atoms with Crippen molar-refractivity contribution in [2.75, 3.05) is 0 Å². The number of aromatic carboxylic acids is 1. The second kappa shape index (κ2) is 5.63. The van der Waals surface area contributed by atoms with E-state index in [0.29, 0.717) is 11.1 Å². The molecule has 0 fully saturated rings. The van der Waals surface area contributed by atoms with Crippen LogP contribution in [0, 0.1) is 13.8 Å². The first-order valence-electron chi connectivity index (χ1n) is 5.71. The van der Waals surface area contributed by atoms with Crippen LogP contribution in [0.15, 0.2) is 34.7 Å². The van der Waals surface area contributed by atoms with E-state index in [0.717, 1.165) is 21.9 Å². The zero-order valence-electron chi connectivity index (χ0n) is 11.1. The average Bonchev–Trinajstić information content (AvgIpc) is 2.63. The van der Waals surface area contributed by atoms with E-state index in [2.05, 4.69) is 0 Å². The Morgan fingerprint density at radius 2 is 1.74 bits per heavy atom. The summed E-state index contributed by atoms with van der Waals surface area (Å²) in [5, 5.41) is 12.8. The van der Waals surface area contributed by atoms with Crippen LogP contribution in [0.1, 0.15) is 21.5 Å². The van der Waals surface area contributed by atoms with Gasteiger partial charge in [-0.3, -0.25) is 0 Å². The van der Waals surface area contributed by atoms with Gasteiger partial charge in [-0.2, -0.15) is 0 Å². The third kappa shape index (κ3) is 2.66. The zero-order chi connectivity index (χ0) is 12.9. The minimum absolute atomic E-state index is 0. The van der Waals surface area contributed by atoms with Crippen molar-refractivity contribution < 1.29 is 83.2 Å². The molecule has 0 N–H and O–H groups in total. The largest absolute Gasteiger partial charge is 1.00 e. The van der Waals surface area contributed by atoms with Crippen LogP contribution in [0.5, 0.6) is 0 Å². The van der Waals surface area contributed by atoms with Crippen molar-refractivity contribution in [1.29, 1.82) is 0 Å². The quantitative estimate of drug-likeness (QED) is 0.583. The predicted molar refractivity (Wildman–Crippen MR) is 67.5 cm³/mol. The van der Waals surface area contributed by atoms with E-state index in [-0.39, 0.29) is 74.5 Å². The van der Waals surface area contributed by atoms with Gasteiger partial charge in [-0.25, -0.2) is 0 Å².